The van der Waals surface area contributed by atoms with Gasteiger partial charge in [-0.3, -0.25) is 9.71 Å². The van der Waals surface area contributed by atoms with E-state index in [4.69, 9.17) is 4.74 Å². The summed E-state index contributed by atoms with van der Waals surface area (Å²) >= 11 is 0. The first-order valence-electron chi connectivity index (χ1n) is 9.83. The molecule has 158 valence electrons. The van der Waals surface area contributed by atoms with Crippen molar-refractivity contribution in [3.8, 4) is 5.88 Å². The molecular formula is C23H22N4O3S. The summed E-state index contributed by atoms with van der Waals surface area (Å²) in [5.74, 6) is 0.461. The molecule has 0 aliphatic carbocycles. The van der Waals surface area contributed by atoms with E-state index in [-0.39, 0.29) is 23.2 Å². The van der Waals surface area contributed by atoms with E-state index in [1.54, 1.807) is 36.7 Å². The lowest BCUT2D eigenvalue weighted by Gasteiger charge is -2.14. The Kier molecular flexibility index (Phi) is 5.81. The molecule has 2 heterocycles. The van der Waals surface area contributed by atoms with Crippen LogP contribution >= 0.6 is 0 Å². The Morgan fingerprint density at radius 2 is 1.55 bits per heavy atom. The van der Waals surface area contributed by atoms with Crippen LogP contribution in [-0.4, -0.2) is 23.4 Å². The second-order valence-corrected chi connectivity index (χ2v) is 9.02. The van der Waals surface area contributed by atoms with Gasteiger partial charge in [0.15, 0.2) is 0 Å². The molecule has 4 aromatic rings. The first-order valence-corrected chi connectivity index (χ1v) is 11.3. The van der Waals surface area contributed by atoms with Crippen LogP contribution in [0.25, 0.3) is 11.0 Å². The number of pyridine rings is 1. The van der Waals surface area contributed by atoms with Crippen LogP contribution < -0.4 is 9.46 Å². The normalized spacial score (nSPS) is 11.6. The van der Waals surface area contributed by atoms with E-state index in [9.17, 15) is 8.42 Å². The molecule has 0 unspecified atom stereocenters. The smallest absolute Gasteiger partial charge is 0.263 e. The van der Waals surface area contributed by atoms with Gasteiger partial charge in [0.2, 0.25) is 5.82 Å². The van der Waals surface area contributed by atoms with Gasteiger partial charge in [-0.2, -0.15) is 0 Å². The van der Waals surface area contributed by atoms with Crippen LogP contribution in [0.3, 0.4) is 0 Å². The van der Waals surface area contributed by atoms with Gasteiger partial charge < -0.3 is 4.74 Å². The molecule has 31 heavy (non-hydrogen) atoms. The van der Waals surface area contributed by atoms with Gasteiger partial charge in [-0.05, 0) is 53.4 Å². The number of hydrogen-bond donors (Lipinski definition) is 1. The van der Waals surface area contributed by atoms with Crippen molar-refractivity contribution >= 4 is 26.9 Å². The second-order valence-electron chi connectivity index (χ2n) is 7.34. The lowest BCUT2D eigenvalue weighted by Crippen LogP contribution is -2.16. The molecule has 2 aromatic carbocycles. The van der Waals surface area contributed by atoms with Crippen LogP contribution in [0.15, 0.2) is 78.0 Å². The average Bonchev–Trinajstić information content (AvgIpc) is 2.78. The van der Waals surface area contributed by atoms with Crippen molar-refractivity contribution in [2.45, 2.75) is 31.3 Å². The summed E-state index contributed by atoms with van der Waals surface area (Å²) in [7, 11) is -3.87. The number of rotatable bonds is 7. The molecule has 0 aliphatic heterocycles. The average molecular weight is 435 g/mol. The van der Waals surface area contributed by atoms with Gasteiger partial charge in [-0.25, -0.2) is 18.4 Å². The molecule has 0 saturated heterocycles. The van der Waals surface area contributed by atoms with Crippen LogP contribution in [0, 0.1) is 0 Å². The number of hydrogen-bond acceptors (Lipinski definition) is 6. The molecule has 4 rings (SSSR count). The minimum atomic E-state index is -3.87. The van der Waals surface area contributed by atoms with E-state index in [0.29, 0.717) is 17.0 Å². The SMILES string of the molecule is CC(C)c1ccc(S(=O)(=O)Nc2nc3ccccc3nc2OCc2ccncc2)cc1. The van der Waals surface area contributed by atoms with Gasteiger partial charge in [0.05, 0.1) is 15.9 Å². The molecule has 0 amide bonds. The highest BCUT2D eigenvalue weighted by Crippen LogP contribution is 2.27. The van der Waals surface area contributed by atoms with E-state index >= 15 is 0 Å². The number of anilines is 1. The zero-order valence-corrected chi connectivity index (χ0v) is 18.0. The van der Waals surface area contributed by atoms with Gasteiger partial charge in [0.1, 0.15) is 6.61 Å². The number of fused-ring (bicyclic) bond motifs is 1. The molecule has 0 saturated carbocycles. The predicted octanol–water partition coefficient (Wildman–Crippen LogP) is 4.53. The number of aromatic nitrogens is 3. The van der Waals surface area contributed by atoms with E-state index in [2.05, 4.69) is 33.5 Å². The summed E-state index contributed by atoms with van der Waals surface area (Å²) in [6.07, 6.45) is 3.32. The van der Waals surface area contributed by atoms with Crippen LogP contribution in [0.4, 0.5) is 5.82 Å². The van der Waals surface area contributed by atoms with Crippen LogP contribution in [0.5, 0.6) is 5.88 Å². The quantitative estimate of drug-likeness (QED) is 0.459. The van der Waals surface area contributed by atoms with E-state index in [0.717, 1.165) is 11.1 Å². The minimum Gasteiger partial charge on any atom is -0.470 e. The summed E-state index contributed by atoms with van der Waals surface area (Å²) in [5.41, 5.74) is 3.11. The van der Waals surface area contributed by atoms with Crippen LogP contribution in [-0.2, 0) is 16.6 Å². The molecule has 0 bridgehead atoms. The topological polar surface area (TPSA) is 94.1 Å². The van der Waals surface area contributed by atoms with Crippen molar-refractivity contribution < 1.29 is 13.2 Å². The number of benzene rings is 2. The largest absolute Gasteiger partial charge is 0.470 e. The molecule has 0 aliphatic rings. The number of ether oxygens (including phenoxy) is 1. The summed E-state index contributed by atoms with van der Waals surface area (Å²) < 4.78 is 34.4. The molecule has 8 heteroatoms. The third-order valence-electron chi connectivity index (χ3n) is 4.75. The zero-order chi connectivity index (χ0) is 21.8. The van der Waals surface area contributed by atoms with Crippen molar-refractivity contribution in [1.82, 2.24) is 15.0 Å². The number of nitrogens with one attached hydrogen (secondary N) is 1. The fraction of sp³-hybridized carbons (Fsp3) is 0.174. The van der Waals surface area contributed by atoms with E-state index < -0.39 is 10.0 Å². The van der Waals surface area contributed by atoms with Gasteiger partial charge >= 0.3 is 0 Å². The Balaban J connectivity index is 1.67. The van der Waals surface area contributed by atoms with Crippen molar-refractivity contribution in [2.75, 3.05) is 4.72 Å². The molecule has 0 radical (unpaired) electrons. The maximum atomic E-state index is 13.0. The molecular weight excluding hydrogens is 412 g/mol. The monoisotopic (exact) mass is 434 g/mol. The highest BCUT2D eigenvalue weighted by atomic mass is 32.2. The first-order chi connectivity index (χ1) is 14.9. The Morgan fingerprint density at radius 1 is 0.903 bits per heavy atom. The van der Waals surface area contributed by atoms with Gasteiger partial charge in [-0.15, -0.1) is 0 Å². The van der Waals surface area contributed by atoms with Gasteiger partial charge in [0, 0.05) is 12.4 Å². The summed E-state index contributed by atoms with van der Waals surface area (Å²) in [5, 5.41) is 0. The number of nitrogens with zero attached hydrogens (tertiary/aromatic N) is 3. The van der Waals surface area contributed by atoms with E-state index in [1.807, 2.05) is 36.4 Å². The summed E-state index contributed by atoms with van der Waals surface area (Å²) in [6.45, 7) is 4.31. The Bertz CT molecular complexity index is 1290. The maximum Gasteiger partial charge on any atom is 0.263 e. The molecule has 1 N–H and O–H groups in total. The van der Waals surface area contributed by atoms with Crippen LogP contribution in [0.1, 0.15) is 30.9 Å². The molecule has 0 spiro atoms. The lowest BCUT2D eigenvalue weighted by atomic mass is 10.0. The third kappa shape index (κ3) is 4.80. The second kappa shape index (κ2) is 8.69. The lowest BCUT2D eigenvalue weighted by molar-refractivity contribution is 0.295. The van der Waals surface area contributed by atoms with Crippen LogP contribution in [0.2, 0.25) is 0 Å². The highest BCUT2D eigenvalue weighted by Gasteiger charge is 2.20. The summed E-state index contributed by atoms with van der Waals surface area (Å²) in [6, 6.07) is 17.6. The molecule has 0 atom stereocenters. The molecule has 0 fully saturated rings. The minimum absolute atomic E-state index is 0.0423. The molecule has 2 aromatic heterocycles. The first kappa shape index (κ1) is 20.7. The Morgan fingerprint density at radius 3 is 2.19 bits per heavy atom. The fourth-order valence-electron chi connectivity index (χ4n) is 3.00. The Hall–Kier alpha value is -3.52. The zero-order valence-electron chi connectivity index (χ0n) is 17.2. The van der Waals surface area contributed by atoms with Crippen molar-refractivity contribution in [3.63, 3.8) is 0 Å². The predicted molar refractivity (Wildman–Crippen MR) is 119 cm³/mol. The van der Waals surface area contributed by atoms with Crippen molar-refractivity contribution in [3.05, 3.63) is 84.2 Å². The third-order valence-corrected chi connectivity index (χ3v) is 6.11. The highest BCUT2D eigenvalue weighted by molar-refractivity contribution is 7.92. The summed E-state index contributed by atoms with van der Waals surface area (Å²) in [4.78, 5) is 13.1. The van der Waals surface area contributed by atoms with Gasteiger partial charge in [0.25, 0.3) is 15.9 Å². The fourth-order valence-corrected chi connectivity index (χ4v) is 4.00. The standard InChI is InChI=1S/C23H22N4O3S/c1-16(2)18-7-9-19(10-8-18)31(28,29)27-22-23(30-15-17-11-13-24-14-12-17)26-21-6-4-3-5-20(21)25-22/h3-14,16H,15H2,1-2H3,(H,25,27). The van der Waals surface area contributed by atoms with Crippen molar-refractivity contribution in [1.29, 1.82) is 0 Å². The van der Waals surface area contributed by atoms with Crippen molar-refractivity contribution in [2.24, 2.45) is 0 Å². The molecule has 7 nitrogen and oxygen atoms in total. The number of para-hydroxylation sites is 2. The Labute approximate surface area is 181 Å². The van der Waals surface area contributed by atoms with E-state index in [1.165, 1.54) is 0 Å². The number of sulfonamides is 1. The maximum absolute atomic E-state index is 13.0. The van der Waals surface area contributed by atoms with Gasteiger partial charge in [-0.1, -0.05) is 38.1 Å².